The molecule has 1 saturated heterocycles. The van der Waals surface area contributed by atoms with Gasteiger partial charge in [0.25, 0.3) is 0 Å². The normalized spacial score (nSPS) is 16.2. The molecule has 88 valence electrons. The molecule has 1 N–H and O–H groups in total. The average Bonchev–Trinajstić information content (AvgIpc) is 2.79. The number of rotatable bonds is 3. The molecule has 0 saturated carbocycles. The molecule has 16 heavy (non-hydrogen) atoms. The molecule has 2 heterocycles. The summed E-state index contributed by atoms with van der Waals surface area (Å²) in [4.78, 5) is 13.7. The summed E-state index contributed by atoms with van der Waals surface area (Å²) in [7, 11) is 0. The molecule has 1 aliphatic rings. The number of H-pyrrole nitrogens is 1. The second-order valence-corrected chi connectivity index (χ2v) is 3.45. The van der Waals surface area contributed by atoms with Gasteiger partial charge in [0.1, 0.15) is 11.4 Å². The van der Waals surface area contributed by atoms with Crippen LogP contribution in [0.25, 0.3) is 0 Å². The Bertz CT molecular complexity index is 358. The summed E-state index contributed by atoms with van der Waals surface area (Å²) in [6.45, 7) is 5.00. The van der Waals surface area contributed by atoms with Crippen LogP contribution in [0.2, 0.25) is 0 Å². The number of hydrogen-bond acceptors (Lipinski definition) is 5. The van der Waals surface area contributed by atoms with Crippen molar-refractivity contribution in [1.29, 1.82) is 0 Å². The number of esters is 1. The predicted octanol–water partition coefficient (Wildman–Crippen LogP) is 0.423. The van der Waals surface area contributed by atoms with Crippen LogP contribution < -0.4 is 4.90 Å². The zero-order valence-corrected chi connectivity index (χ0v) is 9.23. The third-order valence-corrected chi connectivity index (χ3v) is 2.44. The molecule has 2 rings (SSSR count). The van der Waals surface area contributed by atoms with E-state index in [1.807, 2.05) is 4.90 Å². The van der Waals surface area contributed by atoms with Gasteiger partial charge in [0.2, 0.25) is 0 Å². The molecule has 0 bridgehead atoms. The SMILES string of the molecule is CCOC(=O)c1cn[nH]c1N1CCOCC1. The van der Waals surface area contributed by atoms with E-state index < -0.39 is 0 Å². The summed E-state index contributed by atoms with van der Waals surface area (Å²) in [5.74, 6) is 0.388. The van der Waals surface area contributed by atoms with E-state index in [4.69, 9.17) is 9.47 Å². The summed E-state index contributed by atoms with van der Waals surface area (Å²) in [5, 5.41) is 6.73. The Morgan fingerprint density at radius 2 is 2.38 bits per heavy atom. The molecule has 6 heteroatoms. The van der Waals surface area contributed by atoms with Crippen LogP contribution in [0.5, 0.6) is 0 Å². The van der Waals surface area contributed by atoms with Crippen molar-refractivity contribution in [2.45, 2.75) is 6.92 Å². The lowest BCUT2D eigenvalue weighted by Crippen LogP contribution is -2.37. The van der Waals surface area contributed by atoms with Gasteiger partial charge in [0.15, 0.2) is 0 Å². The van der Waals surface area contributed by atoms with E-state index in [-0.39, 0.29) is 5.97 Å². The molecule has 6 nitrogen and oxygen atoms in total. The lowest BCUT2D eigenvalue weighted by atomic mass is 10.3. The van der Waals surface area contributed by atoms with Gasteiger partial charge in [-0.15, -0.1) is 0 Å². The second kappa shape index (κ2) is 4.98. The van der Waals surface area contributed by atoms with Gasteiger partial charge in [-0.2, -0.15) is 5.10 Å². The van der Waals surface area contributed by atoms with Crippen molar-refractivity contribution in [2.24, 2.45) is 0 Å². The summed E-state index contributed by atoms with van der Waals surface area (Å²) in [6, 6.07) is 0. The fourth-order valence-corrected chi connectivity index (χ4v) is 1.67. The monoisotopic (exact) mass is 225 g/mol. The number of nitrogens with one attached hydrogen (secondary N) is 1. The number of aromatic amines is 1. The Morgan fingerprint density at radius 1 is 1.62 bits per heavy atom. The van der Waals surface area contributed by atoms with E-state index >= 15 is 0 Å². The third kappa shape index (κ3) is 2.16. The first-order valence-corrected chi connectivity index (χ1v) is 5.36. The van der Waals surface area contributed by atoms with Gasteiger partial charge in [-0.3, -0.25) is 5.10 Å². The highest BCUT2D eigenvalue weighted by Crippen LogP contribution is 2.18. The number of aromatic nitrogens is 2. The van der Waals surface area contributed by atoms with Gasteiger partial charge in [-0.05, 0) is 6.92 Å². The fourth-order valence-electron chi connectivity index (χ4n) is 1.67. The maximum Gasteiger partial charge on any atom is 0.343 e. The number of morpholine rings is 1. The van der Waals surface area contributed by atoms with Gasteiger partial charge in [-0.1, -0.05) is 0 Å². The largest absolute Gasteiger partial charge is 0.462 e. The molecular weight excluding hydrogens is 210 g/mol. The number of carbonyl (C=O) groups excluding carboxylic acids is 1. The number of nitrogens with zero attached hydrogens (tertiary/aromatic N) is 2. The third-order valence-electron chi connectivity index (χ3n) is 2.44. The van der Waals surface area contributed by atoms with Gasteiger partial charge in [0.05, 0.1) is 26.0 Å². The summed E-state index contributed by atoms with van der Waals surface area (Å²) >= 11 is 0. The predicted molar refractivity (Wildman–Crippen MR) is 57.6 cm³/mol. The fraction of sp³-hybridized carbons (Fsp3) is 0.600. The van der Waals surface area contributed by atoms with E-state index in [2.05, 4.69) is 10.2 Å². The van der Waals surface area contributed by atoms with Crippen molar-refractivity contribution in [3.8, 4) is 0 Å². The molecule has 0 atom stereocenters. The number of hydrogen-bond donors (Lipinski definition) is 1. The quantitative estimate of drug-likeness (QED) is 0.755. The summed E-state index contributed by atoms with van der Waals surface area (Å²) < 4.78 is 10.2. The van der Waals surface area contributed by atoms with Crippen LogP contribution in [-0.4, -0.2) is 49.1 Å². The van der Waals surface area contributed by atoms with E-state index in [0.29, 0.717) is 25.4 Å². The van der Waals surface area contributed by atoms with Crippen LogP contribution in [0.3, 0.4) is 0 Å². The Kier molecular flexibility index (Phi) is 3.40. The van der Waals surface area contributed by atoms with E-state index in [0.717, 1.165) is 18.9 Å². The Balaban J connectivity index is 2.14. The molecular formula is C10H15N3O3. The van der Waals surface area contributed by atoms with Crippen LogP contribution in [0.15, 0.2) is 6.20 Å². The topological polar surface area (TPSA) is 67.5 Å². The Labute approximate surface area is 93.5 Å². The van der Waals surface area contributed by atoms with Crippen molar-refractivity contribution in [3.63, 3.8) is 0 Å². The van der Waals surface area contributed by atoms with Crippen LogP contribution >= 0.6 is 0 Å². The highest BCUT2D eigenvalue weighted by molar-refractivity contribution is 5.94. The lowest BCUT2D eigenvalue weighted by molar-refractivity contribution is 0.0526. The minimum Gasteiger partial charge on any atom is -0.462 e. The average molecular weight is 225 g/mol. The van der Waals surface area contributed by atoms with Crippen LogP contribution in [0.1, 0.15) is 17.3 Å². The first kappa shape index (κ1) is 10.9. The Morgan fingerprint density at radius 3 is 3.06 bits per heavy atom. The van der Waals surface area contributed by atoms with Crippen molar-refractivity contribution < 1.29 is 14.3 Å². The number of ether oxygens (including phenoxy) is 2. The van der Waals surface area contributed by atoms with Gasteiger partial charge in [0, 0.05) is 13.1 Å². The van der Waals surface area contributed by atoms with E-state index in [9.17, 15) is 4.79 Å². The van der Waals surface area contributed by atoms with Crippen LogP contribution in [0.4, 0.5) is 5.82 Å². The highest BCUT2D eigenvalue weighted by atomic mass is 16.5. The van der Waals surface area contributed by atoms with Crippen LogP contribution in [0, 0.1) is 0 Å². The first-order valence-electron chi connectivity index (χ1n) is 5.36. The van der Waals surface area contributed by atoms with E-state index in [1.165, 1.54) is 6.20 Å². The van der Waals surface area contributed by atoms with Gasteiger partial charge >= 0.3 is 5.97 Å². The molecule has 0 aliphatic carbocycles. The highest BCUT2D eigenvalue weighted by Gasteiger charge is 2.21. The molecule has 1 aliphatic heterocycles. The van der Waals surface area contributed by atoms with Gasteiger partial charge < -0.3 is 14.4 Å². The molecule has 0 amide bonds. The number of carbonyl (C=O) groups is 1. The van der Waals surface area contributed by atoms with Gasteiger partial charge in [-0.25, -0.2) is 4.79 Å². The zero-order valence-electron chi connectivity index (χ0n) is 9.23. The molecule has 1 fully saturated rings. The standard InChI is InChI=1S/C10H15N3O3/c1-2-16-10(14)8-7-11-12-9(8)13-3-5-15-6-4-13/h7H,2-6H2,1H3,(H,11,12). The summed E-state index contributed by atoms with van der Waals surface area (Å²) in [6.07, 6.45) is 1.50. The Hall–Kier alpha value is -1.56. The lowest BCUT2D eigenvalue weighted by Gasteiger charge is -2.27. The molecule has 0 spiro atoms. The molecule has 1 aromatic rings. The molecule has 0 aromatic carbocycles. The first-order chi connectivity index (χ1) is 7.83. The second-order valence-electron chi connectivity index (χ2n) is 3.45. The minimum atomic E-state index is -0.335. The van der Waals surface area contributed by atoms with E-state index in [1.54, 1.807) is 6.92 Å². The number of anilines is 1. The molecule has 0 unspecified atom stereocenters. The van der Waals surface area contributed by atoms with Crippen molar-refractivity contribution in [2.75, 3.05) is 37.8 Å². The molecule has 1 aromatic heterocycles. The minimum absolute atomic E-state index is 0.335. The van der Waals surface area contributed by atoms with Crippen molar-refractivity contribution in [3.05, 3.63) is 11.8 Å². The van der Waals surface area contributed by atoms with Crippen LogP contribution in [-0.2, 0) is 9.47 Å². The van der Waals surface area contributed by atoms with Crippen molar-refractivity contribution in [1.82, 2.24) is 10.2 Å². The summed E-state index contributed by atoms with van der Waals surface area (Å²) in [5.41, 5.74) is 0.490. The maximum atomic E-state index is 11.6. The zero-order chi connectivity index (χ0) is 11.4. The maximum absolute atomic E-state index is 11.6. The molecule has 0 radical (unpaired) electrons. The smallest absolute Gasteiger partial charge is 0.343 e. The van der Waals surface area contributed by atoms with Crippen molar-refractivity contribution >= 4 is 11.8 Å².